The van der Waals surface area contributed by atoms with Crippen LogP contribution in [0.15, 0.2) is 10.5 Å². The molecule has 17 heavy (non-hydrogen) atoms. The Morgan fingerprint density at radius 2 is 2.18 bits per heavy atom. The predicted molar refractivity (Wildman–Crippen MR) is 58.8 cm³/mol. The molecule has 0 spiro atoms. The summed E-state index contributed by atoms with van der Waals surface area (Å²) in [4.78, 5) is 11.2. The Bertz CT molecular complexity index is 525. The first-order chi connectivity index (χ1) is 8.06. The summed E-state index contributed by atoms with van der Waals surface area (Å²) in [5.41, 5.74) is -0.946. The van der Waals surface area contributed by atoms with Crippen molar-refractivity contribution in [3.8, 4) is 11.5 Å². The van der Waals surface area contributed by atoms with Gasteiger partial charge in [0.1, 0.15) is 0 Å². The van der Waals surface area contributed by atoms with Gasteiger partial charge >= 0.3 is 5.97 Å². The van der Waals surface area contributed by atoms with Crippen LogP contribution in [0.1, 0.15) is 18.4 Å². The topological polar surface area (TPSA) is 55.8 Å². The molecule has 90 valence electrons. The summed E-state index contributed by atoms with van der Waals surface area (Å²) in [5, 5.41) is 9.20. The molecule has 4 nitrogen and oxygen atoms in total. The molecular formula is C11H8BrFO4. The van der Waals surface area contributed by atoms with Crippen molar-refractivity contribution in [2.24, 2.45) is 0 Å². The largest absolute Gasteiger partial charge is 0.481 e. The number of aliphatic carboxylic acids is 1. The highest BCUT2D eigenvalue weighted by atomic mass is 79.9. The van der Waals surface area contributed by atoms with E-state index in [2.05, 4.69) is 15.9 Å². The van der Waals surface area contributed by atoms with E-state index in [4.69, 9.17) is 9.47 Å². The van der Waals surface area contributed by atoms with Gasteiger partial charge in [0.05, 0.1) is 5.41 Å². The third-order valence-corrected chi connectivity index (χ3v) is 3.82. The van der Waals surface area contributed by atoms with Crippen molar-refractivity contribution >= 4 is 21.9 Å². The number of ether oxygens (including phenoxy) is 2. The van der Waals surface area contributed by atoms with Crippen LogP contribution in [0, 0.1) is 5.82 Å². The van der Waals surface area contributed by atoms with Crippen molar-refractivity contribution in [3.05, 3.63) is 21.9 Å². The van der Waals surface area contributed by atoms with Crippen molar-refractivity contribution in [1.29, 1.82) is 0 Å². The lowest BCUT2D eigenvalue weighted by atomic mass is 9.95. The van der Waals surface area contributed by atoms with E-state index in [1.54, 1.807) is 6.07 Å². The lowest BCUT2D eigenvalue weighted by Gasteiger charge is -2.14. The van der Waals surface area contributed by atoms with Gasteiger partial charge in [-0.15, -0.1) is 0 Å². The van der Waals surface area contributed by atoms with E-state index in [9.17, 15) is 14.3 Å². The van der Waals surface area contributed by atoms with Crippen LogP contribution in [0.3, 0.4) is 0 Å². The molecular weight excluding hydrogens is 295 g/mol. The number of carboxylic acid groups (broad SMARTS) is 1. The van der Waals surface area contributed by atoms with Gasteiger partial charge in [-0.05, 0) is 18.9 Å². The number of hydrogen-bond acceptors (Lipinski definition) is 3. The minimum absolute atomic E-state index is 0.00993. The van der Waals surface area contributed by atoms with Crippen LogP contribution >= 0.6 is 15.9 Å². The van der Waals surface area contributed by atoms with Gasteiger partial charge in [0.15, 0.2) is 11.6 Å². The minimum Gasteiger partial charge on any atom is -0.481 e. The van der Waals surface area contributed by atoms with Gasteiger partial charge in [0.25, 0.3) is 0 Å². The highest BCUT2D eigenvalue weighted by Gasteiger charge is 2.55. The van der Waals surface area contributed by atoms with Crippen LogP contribution in [-0.4, -0.2) is 17.9 Å². The number of carbonyl (C=O) groups is 1. The van der Waals surface area contributed by atoms with Crippen molar-refractivity contribution in [2.45, 2.75) is 18.3 Å². The third kappa shape index (κ3) is 1.36. The van der Waals surface area contributed by atoms with Gasteiger partial charge in [-0.2, -0.15) is 0 Å². The molecule has 1 aromatic rings. The molecule has 3 rings (SSSR count). The van der Waals surface area contributed by atoms with E-state index in [0.717, 1.165) is 0 Å². The molecule has 1 aliphatic heterocycles. The molecule has 1 N–H and O–H groups in total. The zero-order valence-corrected chi connectivity index (χ0v) is 10.2. The Morgan fingerprint density at radius 1 is 1.47 bits per heavy atom. The minimum atomic E-state index is -1.11. The van der Waals surface area contributed by atoms with Crippen molar-refractivity contribution < 1.29 is 23.8 Å². The van der Waals surface area contributed by atoms with Crippen molar-refractivity contribution in [1.82, 2.24) is 0 Å². The van der Waals surface area contributed by atoms with Gasteiger partial charge in [0, 0.05) is 10.0 Å². The molecule has 0 radical (unpaired) electrons. The summed E-state index contributed by atoms with van der Waals surface area (Å²) in [6.07, 6.45) is 0.884. The van der Waals surface area contributed by atoms with E-state index < -0.39 is 17.2 Å². The standard InChI is InChI=1S/C11H8BrFO4/c12-5-3-6-9(17-4-16-6)8(13)7(5)11(1-2-11)10(14)15/h3H,1-2,4H2,(H,14,15). The average molecular weight is 303 g/mol. The summed E-state index contributed by atoms with van der Waals surface area (Å²) >= 11 is 3.21. The van der Waals surface area contributed by atoms with Crippen molar-refractivity contribution in [3.63, 3.8) is 0 Å². The maximum atomic E-state index is 14.2. The van der Waals surface area contributed by atoms with Crippen LogP contribution in [0.2, 0.25) is 0 Å². The predicted octanol–water partition coefficient (Wildman–Crippen LogP) is 2.43. The van der Waals surface area contributed by atoms with Crippen LogP contribution in [0.5, 0.6) is 11.5 Å². The summed E-state index contributed by atoms with van der Waals surface area (Å²) in [7, 11) is 0. The first kappa shape index (κ1) is 10.8. The van der Waals surface area contributed by atoms with E-state index in [0.29, 0.717) is 23.1 Å². The maximum Gasteiger partial charge on any atom is 0.314 e. The summed E-state index contributed by atoms with van der Waals surface area (Å²) < 4.78 is 24.7. The monoisotopic (exact) mass is 302 g/mol. The van der Waals surface area contributed by atoms with E-state index in [1.165, 1.54) is 0 Å². The molecule has 1 saturated carbocycles. The summed E-state index contributed by atoms with van der Waals surface area (Å²) in [5.74, 6) is -1.32. The fourth-order valence-electron chi connectivity index (χ4n) is 2.11. The van der Waals surface area contributed by atoms with Gasteiger partial charge in [-0.25, -0.2) is 4.39 Å². The van der Waals surface area contributed by atoms with Crippen LogP contribution < -0.4 is 9.47 Å². The molecule has 1 heterocycles. The highest BCUT2D eigenvalue weighted by Crippen LogP contribution is 2.54. The highest BCUT2D eigenvalue weighted by molar-refractivity contribution is 9.10. The number of benzene rings is 1. The SMILES string of the molecule is O=C(O)C1(c2c(Br)cc3c(c2F)OCO3)CC1. The fourth-order valence-corrected chi connectivity index (χ4v) is 2.87. The lowest BCUT2D eigenvalue weighted by molar-refractivity contribution is -0.140. The normalized spacial score (nSPS) is 19.2. The molecule has 0 amide bonds. The van der Waals surface area contributed by atoms with Crippen LogP contribution in [0.25, 0.3) is 0 Å². The molecule has 2 aliphatic rings. The zero-order chi connectivity index (χ0) is 12.2. The second-order valence-electron chi connectivity index (χ2n) is 4.17. The average Bonchev–Trinajstić information content (AvgIpc) is 2.91. The molecule has 1 aromatic carbocycles. The van der Waals surface area contributed by atoms with E-state index >= 15 is 0 Å². The molecule has 1 fully saturated rings. The van der Waals surface area contributed by atoms with Crippen LogP contribution in [-0.2, 0) is 10.2 Å². The first-order valence-corrected chi connectivity index (χ1v) is 5.87. The Kier molecular flexibility index (Phi) is 2.13. The number of carboxylic acids is 1. The molecule has 0 atom stereocenters. The van der Waals surface area contributed by atoms with E-state index in [-0.39, 0.29) is 18.1 Å². The maximum absolute atomic E-state index is 14.2. The second-order valence-corrected chi connectivity index (χ2v) is 5.02. The Morgan fingerprint density at radius 3 is 2.76 bits per heavy atom. The number of halogens is 2. The van der Waals surface area contributed by atoms with Crippen LogP contribution in [0.4, 0.5) is 4.39 Å². The lowest BCUT2D eigenvalue weighted by Crippen LogP contribution is -2.21. The van der Waals surface area contributed by atoms with Gasteiger partial charge < -0.3 is 14.6 Å². The molecule has 0 unspecified atom stereocenters. The molecule has 0 bridgehead atoms. The van der Waals surface area contributed by atoms with Gasteiger partial charge in [0.2, 0.25) is 12.5 Å². The molecule has 0 aromatic heterocycles. The van der Waals surface area contributed by atoms with Gasteiger partial charge in [-0.3, -0.25) is 4.79 Å². The first-order valence-electron chi connectivity index (χ1n) is 5.08. The number of rotatable bonds is 2. The Hall–Kier alpha value is -1.30. The summed E-state index contributed by atoms with van der Waals surface area (Å²) in [6, 6.07) is 1.56. The summed E-state index contributed by atoms with van der Waals surface area (Å²) in [6.45, 7) is -0.0395. The molecule has 0 saturated heterocycles. The van der Waals surface area contributed by atoms with E-state index in [1.807, 2.05) is 0 Å². The quantitative estimate of drug-likeness (QED) is 0.911. The zero-order valence-electron chi connectivity index (χ0n) is 8.63. The fraction of sp³-hybridized carbons (Fsp3) is 0.364. The Labute approximate surface area is 104 Å². The molecule has 1 aliphatic carbocycles. The Balaban J connectivity index is 2.21. The smallest absolute Gasteiger partial charge is 0.314 e. The number of fused-ring (bicyclic) bond motifs is 1. The van der Waals surface area contributed by atoms with Crippen molar-refractivity contribution in [2.75, 3.05) is 6.79 Å². The second kappa shape index (κ2) is 3.35. The number of hydrogen-bond donors (Lipinski definition) is 1. The molecule has 6 heteroatoms. The van der Waals surface area contributed by atoms with Gasteiger partial charge in [-0.1, -0.05) is 15.9 Å². The third-order valence-electron chi connectivity index (χ3n) is 3.19.